The van der Waals surface area contributed by atoms with Crippen molar-refractivity contribution in [2.75, 3.05) is 31.7 Å². The number of amides is 1. The molecule has 0 unspecified atom stereocenters. The second-order valence-electron chi connectivity index (χ2n) is 4.90. The van der Waals surface area contributed by atoms with Crippen molar-refractivity contribution in [2.24, 2.45) is 5.92 Å². The maximum Gasteiger partial charge on any atom is 0.308 e. The van der Waals surface area contributed by atoms with Crippen LogP contribution in [-0.2, 0) is 14.3 Å². The van der Waals surface area contributed by atoms with Crippen LogP contribution in [0.25, 0.3) is 0 Å². The summed E-state index contributed by atoms with van der Waals surface area (Å²) in [7, 11) is 1.40. The van der Waals surface area contributed by atoms with Gasteiger partial charge in [0.1, 0.15) is 0 Å². The first-order valence-corrected chi connectivity index (χ1v) is 7.78. The monoisotopic (exact) mass is 309 g/mol. The molecule has 1 amide bonds. The number of aromatic nitrogens is 1. The number of thioether (sulfide) groups is 1. The standard InChI is InChI=1S/C14H19N3O3S/c1-20-14(19)10-4-6-17(7-5-10)13(18)9-21-12-3-2-11(15)8-16-12/h2-3,8,10H,4-7,9,15H2,1H3. The molecule has 21 heavy (non-hydrogen) atoms. The molecule has 2 N–H and O–H groups in total. The Kier molecular flexibility index (Phi) is 5.44. The van der Waals surface area contributed by atoms with Gasteiger partial charge in [-0.25, -0.2) is 4.98 Å². The van der Waals surface area contributed by atoms with Crippen LogP contribution in [0.1, 0.15) is 12.8 Å². The lowest BCUT2D eigenvalue weighted by atomic mass is 9.97. The van der Waals surface area contributed by atoms with Crippen LogP contribution in [-0.4, -0.2) is 47.7 Å². The maximum absolute atomic E-state index is 12.1. The number of nitrogen functional groups attached to an aromatic ring is 1. The molecular weight excluding hydrogens is 290 g/mol. The second kappa shape index (κ2) is 7.31. The molecule has 1 aromatic heterocycles. The average molecular weight is 309 g/mol. The number of nitrogens with zero attached hydrogens (tertiary/aromatic N) is 2. The Morgan fingerprint density at radius 1 is 1.43 bits per heavy atom. The van der Waals surface area contributed by atoms with Crippen molar-refractivity contribution < 1.29 is 14.3 Å². The number of carbonyl (C=O) groups is 2. The summed E-state index contributed by atoms with van der Waals surface area (Å²) in [4.78, 5) is 29.5. The topological polar surface area (TPSA) is 85.5 Å². The van der Waals surface area contributed by atoms with Crippen molar-refractivity contribution in [1.29, 1.82) is 0 Å². The number of methoxy groups -OCH3 is 1. The van der Waals surface area contributed by atoms with Gasteiger partial charge in [0.15, 0.2) is 0 Å². The number of pyridine rings is 1. The van der Waals surface area contributed by atoms with E-state index in [4.69, 9.17) is 10.5 Å². The zero-order valence-corrected chi connectivity index (χ0v) is 12.8. The van der Waals surface area contributed by atoms with Crippen LogP contribution in [0.15, 0.2) is 23.4 Å². The van der Waals surface area contributed by atoms with Crippen LogP contribution in [0.2, 0.25) is 0 Å². The van der Waals surface area contributed by atoms with Gasteiger partial charge in [0.05, 0.1) is 35.7 Å². The summed E-state index contributed by atoms with van der Waals surface area (Å²) in [5.41, 5.74) is 6.17. The first-order valence-electron chi connectivity index (χ1n) is 6.80. The predicted octanol–water partition coefficient (Wildman–Crippen LogP) is 1.17. The number of rotatable bonds is 4. The minimum Gasteiger partial charge on any atom is -0.469 e. The third kappa shape index (κ3) is 4.35. The molecule has 0 saturated carbocycles. The van der Waals surface area contributed by atoms with Crippen molar-refractivity contribution in [3.05, 3.63) is 18.3 Å². The number of carbonyl (C=O) groups excluding carboxylic acids is 2. The van der Waals surface area contributed by atoms with Crippen LogP contribution in [0, 0.1) is 5.92 Å². The van der Waals surface area contributed by atoms with E-state index in [1.54, 1.807) is 23.2 Å². The molecule has 0 aromatic carbocycles. The molecule has 2 heterocycles. The third-order valence-electron chi connectivity index (χ3n) is 3.48. The first kappa shape index (κ1) is 15.6. The minimum atomic E-state index is -0.178. The van der Waals surface area contributed by atoms with Gasteiger partial charge in [-0.3, -0.25) is 9.59 Å². The zero-order valence-electron chi connectivity index (χ0n) is 11.9. The normalized spacial score (nSPS) is 15.8. The highest BCUT2D eigenvalue weighted by molar-refractivity contribution is 7.99. The fourth-order valence-electron chi connectivity index (χ4n) is 2.24. The molecule has 6 nitrogen and oxygen atoms in total. The van der Waals surface area contributed by atoms with Crippen molar-refractivity contribution in [2.45, 2.75) is 17.9 Å². The maximum atomic E-state index is 12.1. The quantitative estimate of drug-likeness (QED) is 0.664. The highest BCUT2D eigenvalue weighted by Crippen LogP contribution is 2.21. The van der Waals surface area contributed by atoms with Gasteiger partial charge in [0.2, 0.25) is 5.91 Å². The Hall–Kier alpha value is -1.76. The van der Waals surface area contributed by atoms with E-state index in [1.807, 2.05) is 0 Å². The van der Waals surface area contributed by atoms with Gasteiger partial charge >= 0.3 is 5.97 Å². The molecule has 0 aliphatic carbocycles. The molecule has 0 spiro atoms. The zero-order chi connectivity index (χ0) is 15.2. The molecule has 0 radical (unpaired) electrons. The van der Waals surface area contributed by atoms with Crippen molar-refractivity contribution in [1.82, 2.24) is 9.88 Å². The van der Waals surface area contributed by atoms with E-state index in [2.05, 4.69) is 4.98 Å². The Bertz CT molecular complexity index is 499. The molecule has 114 valence electrons. The molecular formula is C14H19N3O3S. The lowest BCUT2D eigenvalue weighted by molar-refractivity contribution is -0.148. The van der Waals surface area contributed by atoms with Gasteiger partial charge in [-0.2, -0.15) is 0 Å². The number of anilines is 1. The van der Waals surface area contributed by atoms with Crippen LogP contribution in [0.5, 0.6) is 0 Å². The summed E-state index contributed by atoms with van der Waals surface area (Å²) in [6.07, 6.45) is 2.92. The van der Waals surface area contributed by atoms with Gasteiger partial charge in [-0.05, 0) is 25.0 Å². The van der Waals surface area contributed by atoms with Crippen molar-refractivity contribution in [3.8, 4) is 0 Å². The van der Waals surface area contributed by atoms with E-state index in [1.165, 1.54) is 18.9 Å². The summed E-state index contributed by atoms with van der Waals surface area (Å²) in [6, 6.07) is 3.57. The SMILES string of the molecule is COC(=O)C1CCN(C(=O)CSc2ccc(N)cn2)CC1. The largest absolute Gasteiger partial charge is 0.469 e. The van der Waals surface area contributed by atoms with E-state index < -0.39 is 0 Å². The van der Waals surface area contributed by atoms with Gasteiger partial charge in [0, 0.05) is 13.1 Å². The minimum absolute atomic E-state index is 0.0712. The molecule has 1 fully saturated rings. The fourth-order valence-corrected chi connectivity index (χ4v) is 2.98. The highest BCUT2D eigenvalue weighted by Gasteiger charge is 2.27. The molecule has 0 atom stereocenters. The van der Waals surface area contributed by atoms with Crippen molar-refractivity contribution in [3.63, 3.8) is 0 Å². The lowest BCUT2D eigenvalue weighted by Gasteiger charge is -2.30. The number of esters is 1. The molecule has 1 aromatic rings. The highest BCUT2D eigenvalue weighted by atomic mass is 32.2. The summed E-state index contributed by atoms with van der Waals surface area (Å²) >= 11 is 1.39. The Labute approximate surface area is 128 Å². The van der Waals surface area contributed by atoms with Crippen LogP contribution in [0.3, 0.4) is 0 Å². The van der Waals surface area contributed by atoms with E-state index >= 15 is 0 Å². The molecule has 1 aliphatic rings. The molecule has 1 aliphatic heterocycles. The number of nitrogens with two attached hydrogens (primary N) is 1. The summed E-state index contributed by atoms with van der Waals surface area (Å²) in [6.45, 7) is 1.21. The summed E-state index contributed by atoms with van der Waals surface area (Å²) < 4.78 is 4.74. The number of piperidine rings is 1. The van der Waals surface area contributed by atoms with Gasteiger partial charge in [-0.1, -0.05) is 11.8 Å². The molecule has 7 heteroatoms. The Balaban J connectivity index is 1.77. The number of hydrogen-bond acceptors (Lipinski definition) is 6. The predicted molar refractivity (Wildman–Crippen MR) is 80.7 cm³/mol. The number of likely N-dealkylation sites (tertiary alicyclic amines) is 1. The number of ether oxygens (including phenoxy) is 1. The van der Waals surface area contributed by atoms with Crippen LogP contribution < -0.4 is 5.73 Å². The molecule has 0 bridgehead atoms. The third-order valence-corrected chi connectivity index (χ3v) is 4.41. The van der Waals surface area contributed by atoms with Crippen molar-refractivity contribution >= 4 is 29.3 Å². The average Bonchev–Trinajstić information content (AvgIpc) is 2.53. The Morgan fingerprint density at radius 2 is 2.14 bits per heavy atom. The van der Waals surface area contributed by atoms with Gasteiger partial charge < -0.3 is 15.4 Å². The first-order chi connectivity index (χ1) is 10.1. The van der Waals surface area contributed by atoms with Crippen LogP contribution in [0.4, 0.5) is 5.69 Å². The van der Waals surface area contributed by atoms with Crippen LogP contribution >= 0.6 is 11.8 Å². The number of hydrogen-bond donors (Lipinski definition) is 1. The summed E-state index contributed by atoms with van der Waals surface area (Å²) in [5, 5.41) is 0.780. The summed E-state index contributed by atoms with van der Waals surface area (Å²) in [5.74, 6) is 0.162. The van der Waals surface area contributed by atoms with E-state index in [9.17, 15) is 9.59 Å². The lowest BCUT2D eigenvalue weighted by Crippen LogP contribution is -2.41. The van der Waals surface area contributed by atoms with Gasteiger partial charge in [0.25, 0.3) is 0 Å². The van der Waals surface area contributed by atoms with E-state index in [-0.39, 0.29) is 17.8 Å². The van der Waals surface area contributed by atoms with E-state index in [0.717, 1.165) is 5.03 Å². The van der Waals surface area contributed by atoms with E-state index in [0.29, 0.717) is 37.4 Å². The fraction of sp³-hybridized carbons (Fsp3) is 0.500. The molecule has 1 saturated heterocycles. The molecule has 2 rings (SSSR count). The second-order valence-corrected chi connectivity index (χ2v) is 5.89. The van der Waals surface area contributed by atoms with Gasteiger partial charge in [-0.15, -0.1) is 0 Å². The smallest absolute Gasteiger partial charge is 0.308 e. The Morgan fingerprint density at radius 3 is 2.71 bits per heavy atom.